The second-order valence-electron chi connectivity index (χ2n) is 3.46. The van der Waals surface area contributed by atoms with E-state index < -0.39 is 5.97 Å². The first-order valence-electron chi connectivity index (χ1n) is 4.95. The van der Waals surface area contributed by atoms with Gasteiger partial charge in [-0.1, -0.05) is 0 Å². The molecule has 5 heteroatoms. The SMILES string of the molecule is COC(=O)c1ccc2c(=O)[nH]c(OC)cc2c1. The van der Waals surface area contributed by atoms with Crippen molar-refractivity contribution in [1.29, 1.82) is 0 Å². The Bertz CT molecular complexity index is 630. The number of hydrogen-bond acceptors (Lipinski definition) is 4. The number of H-pyrrole nitrogens is 1. The van der Waals surface area contributed by atoms with Gasteiger partial charge in [0.15, 0.2) is 5.88 Å². The van der Waals surface area contributed by atoms with Crippen molar-refractivity contribution >= 4 is 16.7 Å². The summed E-state index contributed by atoms with van der Waals surface area (Å²) in [6.45, 7) is 0. The highest BCUT2D eigenvalue weighted by atomic mass is 16.5. The molecule has 0 aliphatic rings. The van der Waals surface area contributed by atoms with Crippen molar-refractivity contribution in [3.8, 4) is 5.88 Å². The lowest BCUT2D eigenvalue weighted by Crippen LogP contribution is -2.08. The first kappa shape index (κ1) is 11.2. The lowest BCUT2D eigenvalue weighted by atomic mass is 10.1. The second-order valence-corrected chi connectivity index (χ2v) is 3.46. The van der Waals surface area contributed by atoms with E-state index >= 15 is 0 Å². The maximum atomic E-state index is 11.7. The lowest BCUT2D eigenvalue weighted by molar-refractivity contribution is 0.0601. The lowest BCUT2D eigenvalue weighted by Gasteiger charge is -2.04. The molecule has 0 amide bonds. The summed E-state index contributed by atoms with van der Waals surface area (Å²) in [4.78, 5) is 25.6. The van der Waals surface area contributed by atoms with Crippen molar-refractivity contribution < 1.29 is 14.3 Å². The zero-order chi connectivity index (χ0) is 12.4. The molecule has 0 atom stereocenters. The van der Waals surface area contributed by atoms with Crippen LogP contribution in [0.1, 0.15) is 10.4 Å². The monoisotopic (exact) mass is 233 g/mol. The Labute approximate surface area is 97.0 Å². The highest BCUT2D eigenvalue weighted by Crippen LogP contribution is 2.16. The Balaban J connectivity index is 2.67. The molecule has 0 saturated carbocycles. The molecule has 2 rings (SSSR count). The van der Waals surface area contributed by atoms with Crippen LogP contribution in [-0.2, 0) is 4.74 Å². The average molecular weight is 233 g/mol. The minimum atomic E-state index is -0.439. The van der Waals surface area contributed by atoms with E-state index in [1.54, 1.807) is 24.3 Å². The summed E-state index contributed by atoms with van der Waals surface area (Å²) in [5, 5.41) is 1.13. The zero-order valence-corrected chi connectivity index (χ0v) is 9.44. The summed E-state index contributed by atoms with van der Waals surface area (Å²) in [5.74, 6) is -0.0873. The first-order chi connectivity index (χ1) is 8.15. The zero-order valence-electron chi connectivity index (χ0n) is 9.44. The Kier molecular flexibility index (Phi) is 2.82. The van der Waals surface area contributed by atoms with Crippen LogP contribution in [-0.4, -0.2) is 25.2 Å². The molecule has 0 unspecified atom stereocenters. The molecule has 1 aromatic carbocycles. The summed E-state index contributed by atoms with van der Waals surface area (Å²) in [7, 11) is 2.77. The van der Waals surface area contributed by atoms with Crippen molar-refractivity contribution in [3.05, 3.63) is 40.2 Å². The van der Waals surface area contributed by atoms with Crippen molar-refractivity contribution in [2.24, 2.45) is 0 Å². The molecule has 2 aromatic rings. The molecule has 0 aliphatic carbocycles. The number of esters is 1. The Morgan fingerprint density at radius 2 is 2.00 bits per heavy atom. The van der Waals surface area contributed by atoms with Crippen LogP contribution in [0.15, 0.2) is 29.1 Å². The largest absolute Gasteiger partial charge is 0.482 e. The molecular formula is C12H11NO4. The van der Waals surface area contributed by atoms with Crippen LogP contribution in [0.2, 0.25) is 0 Å². The van der Waals surface area contributed by atoms with E-state index in [1.807, 2.05) is 0 Å². The van der Waals surface area contributed by atoms with Gasteiger partial charge in [0.2, 0.25) is 0 Å². The molecule has 0 fully saturated rings. The van der Waals surface area contributed by atoms with Crippen LogP contribution in [0.4, 0.5) is 0 Å². The fourth-order valence-electron chi connectivity index (χ4n) is 1.60. The van der Waals surface area contributed by atoms with Gasteiger partial charge < -0.3 is 9.47 Å². The summed E-state index contributed by atoms with van der Waals surface area (Å²) in [6, 6.07) is 6.39. The van der Waals surface area contributed by atoms with Crippen molar-refractivity contribution in [1.82, 2.24) is 4.98 Å². The third kappa shape index (κ3) is 1.99. The molecular weight excluding hydrogens is 222 g/mol. The van der Waals surface area contributed by atoms with E-state index in [-0.39, 0.29) is 5.56 Å². The Morgan fingerprint density at radius 3 is 2.65 bits per heavy atom. The molecule has 0 radical (unpaired) electrons. The number of methoxy groups -OCH3 is 2. The number of hydrogen-bond donors (Lipinski definition) is 1. The topological polar surface area (TPSA) is 68.4 Å². The fraction of sp³-hybridized carbons (Fsp3) is 0.167. The van der Waals surface area contributed by atoms with E-state index in [0.29, 0.717) is 22.2 Å². The van der Waals surface area contributed by atoms with Gasteiger partial charge in [-0.2, -0.15) is 0 Å². The van der Waals surface area contributed by atoms with Crippen LogP contribution < -0.4 is 10.3 Å². The molecule has 88 valence electrons. The highest BCUT2D eigenvalue weighted by Gasteiger charge is 2.08. The molecule has 1 N–H and O–H groups in total. The van der Waals surface area contributed by atoms with Gasteiger partial charge in [0.05, 0.1) is 19.8 Å². The van der Waals surface area contributed by atoms with Gasteiger partial charge in [0, 0.05) is 11.5 Å². The van der Waals surface area contributed by atoms with Crippen LogP contribution >= 0.6 is 0 Å². The minimum Gasteiger partial charge on any atom is -0.482 e. The molecule has 0 saturated heterocycles. The third-order valence-corrected chi connectivity index (χ3v) is 2.46. The number of benzene rings is 1. The van der Waals surface area contributed by atoms with Crippen molar-refractivity contribution in [2.75, 3.05) is 14.2 Å². The normalized spacial score (nSPS) is 10.2. The van der Waals surface area contributed by atoms with Crippen LogP contribution in [0.3, 0.4) is 0 Å². The second kappa shape index (κ2) is 4.29. The molecule has 1 heterocycles. The summed E-state index contributed by atoms with van der Waals surface area (Å²) in [6.07, 6.45) is 0. The average Bonchev–Trinajstić information content (AvgIpc) is 2.36. The maximum absolute atomic E-state index is 11.7. The molecule has 1 aromatic heterocycles. The number of rotatable bonds is 2. The van der Waals surface area contributed by atoms with E-state index in [1.165, 1.54) is 14.2 Å². The van der Waals surface area contributed by atoms with Gasteiger partial charge in [-0.3, -0.25) is 9.78 Å². The van der Waals surface area contributed by atoms with E-state index in [2.05, 4.69) is 9.72 Å². The molecule has 0 bridgehead atoms. The van der Waals surface area contributed by atoms with Crippen LogP contribution in [0.25, 0.3) is 10.8 Å². The summed E-state index contributed by atoms with van der Waals surface area (Å²) < 4.78 is 9.57. The summed E-state index contributed by atoms with van der Waals surface area (Å²) >= 11 is 0. The van der Waals surface area contributed by atoms with Crippen LogP contribution in [0, 0.1) is 0 Å². The Morgan fingerprint density at radius 1 is 1.24 bits per heavy atom. The third-order valence-electron chi connectivity index (χ3n) is 2.46. The van der Waals surface area contributed by atoms with Gasteiger partial charge in [-0.15, -0.1) is 0 Å². The number of aromatic nitrogens is 1. The van der Waals surface area contributed by atoms with Gasteiger partial charge in [0.1, 0.15) is 0 Å². The number of carbonyl (C=O) groups excluding carboxylic acids is 1. The predicted octanol–water partition coefficient (Wildman–Crippen LogP) is 1.32. The fourth-order valence-corrected chi connectivity index (χ4v) is 1.60. The number of pyridine rings is 1. The van der Waals surface area contributed by atoms with E-state index in [9.17, 15) is 9.59 Å². The van der Waals surface area contributed by atoms with Crippen molar-refractivity contribution in [2.45, 2.75) is 0 Å². The number of carbonyl (C=O) groups is 1. The number of aromatic amines is 1. The summed E-state index contributed by atoms with van der Waals surface area (Å²) in [5.41, 5.74) is 0.142. The number of fused-ring (bicyclic) bond motifs is 1. The minimum absolute atomic E-state index is 0.254. The quantitative estimate of drug-likeness (QED) is 0.794. The Hall–Kier alpha value is -2.30. The van der Waals surface area contributed by atoms with E-state index in [4.69, 9.17) is 4.74 Å². The van der Waals surface area contributed by atoms with Crippen LogP contribution in [0.5, 0.6) is 5.88 Å². The standard InChI is InChI=1S/C12H11NO4/c1-16-10-6-8-5-7(12(15)17-2)3-4-9(8)11(14)13-10/h3-6H,1-2H3,(H,13,14). The smallest absolute Gasteiger partial charge is 0.337 e. The van der Waals surface area contributed by atoms with Gasteiger partial charge >= 0.3 is 5.97 Å². The van der Waals surface area contributed by atoms with Gasteiger partial charge in [-0.25, -0.2) is 4.79 Å². The van der Waals surface area contributed by atoms with Crippen molar-refractivity contribution in [3.63, 3.8) is 0 Å². The first-order valence-corrected chi connectivity index (χ1v) is 4.95. The van der Waals surface area contributed by atoms with E-state index in [0.717, 1.165) is 0 Å². The molecule has 0 aliphatic heterocycles. The molecule has 0 spiro atoms. The molecule has 17 heavy (non-hydrogen) atoms. The molecule has 5 nitrogen and oxygen atoms in total. The number of nitrogens with one attached hydrogen (secondary N) is 1. The highest BCUT2D eigenvalue weighted by molar-refractivity contribution is 5.95. The van der Waals surface area contributed by atoms with Gasteiger partial charge in [0.25, 0.3) is 5.56 Å². The van der Waals surface area contributed by atoms with Gasteiger partial charge in [-0.05, 0) is 23.6 Å². The maximum Gasteiger partial charge on any atom is 0.337 e. The predicted molar refractivity (Wildman–Crippen MR) is 62.5 cm³/mol. The number of ether oxygens (including phenoxy) is 2.